The molecule has 0 aliphatic heterocycles. The van der Waals surface area contributed by atoms with Crippen molar-refractivity contribution in [1.82, 2.24) is 0 Å². The summed E-state index contributed by atoms with van der Waals surface area (Å²) in [5.41, 5.74) is 7.02. The van der Waals surface area contributed by atoms with E-state index in [0.29, 0.717) is 0 Å². The largest absolute Gasteiger partial charge is 0.126 e. The molecular formula is C90H68Cl2Si2Zr2-2. The molecule has 0 bridgehead atoms. The first-order valence-corrected chi connectivity index (χ1v) is 42.4. The molecular weight excluding hydrogens is 1390 g/mol. The number of fused-ring (bicyclic) bond motifs is 10. The van der Waals surface area contributed by atoms with E-state index in [9.17, 15) is 0 Å². The van der Waals surface area contributed by atoms with Gasteiger partial charge in [0.15, 0.2) is 0 Å². The molecule has 0 spiro atoms. The summed E-state index contributed by atoms with van der Waals surface area (Å²) >= 11 is 3.29. The fourth-order valence-corrected chi connectivity index (χ4v) is 20.3. The maximum atomic E-state index is 2.28. The Morgan fingerprint density at radius 2 is 0.448 bits per heavy atom. The first-order chi connectivity index (χ1) is 46.3. The van der Waals surface area contributed by atoms with Gasteiger partial charge in [-0.05, 0) is 46.5 Å². The van der Waals surface area contributed by atoms with Gasteiger partial charge in [0.1, 0.15) is 0 Å². The Labute approximate surface area is 606 Å². The van der Waals surface area contributed by atoms with Crippen molar-refractivity contribution in [2.75, 3.05) is 0 Å². The van der Waals surface area contributed by atoms with Crippen LogP contribution in [0.15, 0.2) is 376 Å². The minimum Gasteiger partial charge on any atom is -0.126 e. The molecule has 0 heterocycles. The van der Waals surface area contributed by atoms with E-state index in [-0.39, 0.29) is 24.8 Å². The Bertz CT molecular complexity index is 4970. The van der Waals surface area contributed by atoms with Gasteiger partial charge in [0, 0.05) is 0 Å². The zero-order valence-electron chi connectivity index (χ0n) is 53.6. The molecule has 96 heavy (non-hydrogen) atoms. The second kappa shape index (κ2) is 33.3. The molecule has 0 saturated carbocycles. The summed E-state index contributed by atoms with van der Waals surface area (Å²) < 4.78 is 0. The van der Waals surface area contributed by atoms with E-state index in [4.69, 9.17) is 0 Å². The van der Waals surface area contributed by atoms with Crippen LogP contribution in [0.1, 0.15) is 11.1 Å². The number of halogens is 2. The molecule has 0 radical (unpaired) electrons. The topological polar surface area (TPSA) is 0 Å². The van der Waals surface area contributed by atoms with Crippen LogP contribution in [0.5, 0.6) is 0 Å². The average molecular weight is 1460 g/mol. The molecule has 0 aliphatic rings. The molecule has 0 saturated heterocycles. The standard InChI is InChI=1S/2C20H15.2C13H9.2C12H10Si.2ClH.2Zr/c2*1-14-10-11-19(20-9-5-4-8-18(14)20)17-12-15-6-2-3-7-16(15)13-17;2*1-3-7-12-10(5-1)9-11-6-2-4-8-13(11)12;2*1-3-7-11(8-4-1)13-12-9-5-2-6-10-12;;;;/h2*2-13H,1H3;2*1-9H;2*1-10H;2*1H;;/q4*-1;;;;;2*+2/p-2. The molecule has 18 aromatic rings. The SMILES string of the molecule is Cc1ccc(-c2cc3ccccc3[cH-]2)c2ccccc12.Cc1ccc(-c2cc3ccccc3[cH-]2)c2ccccc12.[Cl-].[Cl-].[Zr+2]=[Si](c1ccccc1)c1ccccc1.[Zr+2]=[Si](c1ccccc1)c1ccccc1.c1ccc2c(c1)[cH-]c1ccccc12.c1ccc2c(c1)[cH-]c1ccccc12. The average Bonchev–Trinajstić information content (AvgIpc) is 1.46. The van der Waals surface area contributed by atoms with Gasteiger partial charge in [-0.15, -0.1) is 149 Å². The van der Waals surface area contributed by atoms with E-state index in [2.05, 4.69) is 390 Å². The fraction of sp³-hybridized carbons (Fsp3) is 0.0222. The molecule has 0 fully saturated rings. The molecule has 0 unspecified atom stereocenters. The van der Waals surface area contributed by atoms with E-state index in [1.165, 1.54) is 140 Å². The minimum atomic E-state index is -0.455. The van der Waals surface area contributed by atoms with E-state index >= 15 is 0 Å². The Kier molecular flexibility index (Phi) is 23.9. The number of hydrogen-bond acceptors (Lipinski definition) is 0. The Balaban J connectivity index is 0.000000118. The van der Waals surface area contributed by atoms with Gasteiger partial charge >= 0.3 is 200 Å². The van der Waals surface area contributed by atoms with Gasteiger partial charge in [0.2, 0.25) is 0 Å². The van der Waals surface area contributed by atoms with Crippen molar-refractivity contribution in [1.29, 1.82) is 0 Å². The molecule has 6 heteroatoms. The zero-order chi connectivity index (χ0) is 64.0. The number of rotatable bonds is 6. The van der Waals surface area contributed by atoms with E-state index in [1.54, 1.807) is 46.7 Å². The molecule has 460 valence electrons. The third kappa shape index (κ3) is 16.2. The van der Waals surface area contributed by atoms with Crippen LogP contribution < -0.4 is 45.6 Å². The van der Waals surface area contributed by atoms with Crippen molar-refractivity contribution in [2.45, 2.75) is 13.8 Å². The molecule has 18 aromatic carbocycles. The number of benzene rings is 14. The first-order valence-electron chi connectivity index (χ1n) is 32.0. The van der Waals surface area contributed by atoms with E-state index in [1.807, 2.05) is 0 Å². The molecule has 18 rings (SSSR count). The minimum absolute atomic E-state index is 0. The smallest absolute Gasteiger partial charge is 0.0771 e. The van der Waals surface area contributed by atoms with Crippen LogP contribution in [0, 0.1) is 13.8 Å². The van der Waals surface area contributed by atoms with Crippen LogP contribution in [0.25, 0.3) is 108 Å². The van der Waals surface area contributed by atoms with Gasteiger partial charge in [-0.25, -0.2) is 0 Å². The van der Waals surface area contributed by atoms with Crippen molar-refractivity contribution in [3.05, 3.63) is 387 Å². The van der Waals surface area contributed by atoms with Crippen molar-refractivity contribution in [3.8, 4) is 22.3 Å². The molecule has 0 atom stereocenters. The van der Waals surface area contributed by atoms with Crippen LogP contribution in [-0.4, -0.2) is 10.9 Å². The predicted octanol–water partition coefficient (Wildman–Crippen LogP) is 15.5. The normalized spacial score (nSPS) is 10.6. The monoisotopic (exact) mass is 1450 g/mol. The van der Waals surface area contributed by atoms with Gasteiger partial charge in [-0.1, -0.05) is 193 Å². The summed E-state index contributed by atoms with van der Waals surface area (Å²) in [6.45, 7) is 4.35. The van der Waals surface area contributed by atoms with Crippen LogP contribution in [0.4, 0.5) is 0 Å². The summed E-state index contributed by atoms with van der Waals surface area (Å²) in [6, 6.07) is 134. The van der Waals surface area contributed by atoms with Gasteiger partial charge in [0.25, 0.3) is 0 Å². The van der Waals surface area contributed by atoms with Crippen LogP contribution >= 0.6 is 0 Å². The summed E-state index contributed by atoms with van der Waals surface area (Å²) in [5.74, 6) is 0. The predicted molar refractivity (Wildman–Crippen MR) is 404 cm³/mol. The Morgan fingerprint density at radius 3 is 0.729 bits per heavy atom. The summed E-state index contributed by atoms with van der Waals surface area (Å²) in [6.07, 6.45) is 0. The second-order valence-electron chi connectivity index (χ2n) is 23.5. The summed E-state index contributed by atoms with van der Waals surface area (Å²) in [5, 5.41) is 27.5. The third-order valence-corrected chi connectivity index (χ3v) is 29.6. The quantitative estimate of drug-likeness (QED) is 0.115. The summed E-state index contributed by atoms with van der Waals surface area (Å²) in [7, 11) is 0. The number of aryl methyl sites for hydroxylation is 2. The van der Waals surface area contributed by atoms with Crippen LogP contribution in [0.3, 0.4) is 0 Å². The maximum absolute atomic E-state index is 2.28. The van der Waals surface area contributed by atoms with Crippen LogP contribution in [0.2, 0.25) is 0 Å². The van der Waals surface area contributed by atoms with Crippen molar-refractivity contribution in [2.24, 2.45) is 0 Å². The third-order valence-electron chi connectivity index (χ3n) is 17.4. The fourth-order valence-electron chi connectivity index (χ4n) is 12.6. The first kappa shape index (κ1) is 68.7. The van der Waals surface area contributed by atoms with Crippen molar-refractivity contribution < 1.29 is 71.5 Å². The zero-order valence-corrected chi connectivity index (χ0v) is 62.0. The van der Waals surface area contributed by atoms with Crippen molar-refractivity contribution >= 4 is 118 Å². The molecule has 0 nitrogen and oxygen atoms in total. The Hall–Kier alpha value is -8.66. The maximum Gasteiger partial charge on any atom is -0.0771 e. The van der Waals surface area contributed by atoms with E-state index in [0.717, 1.165) is 0 Å². The van der Waals surface area contributed by atoms with Gasteiger partial charge < -0.3 is 24.8 Å². The van der Waals surface area contributed by atoms with Crippen molar-refractivity contribution in [3.63, 3.8) is 0 Å². The molecule has 0 amide bonds. The van der Waals surface area contributed by atoms with Crippen LogP contribution in [-0.2, 0) is 46.7 Å². The molecule has 0 N–H and O–H groups in total. The van der Waals surface area contributed by atoms with Gasteiger partial charge in [-0.2, -0.15) is 0 Å². The van der Waals surface area contributed by atoms with E-state index < -0.39 is 10.9 Å². The molecule has 0 aliphatic carbocycles. The van der Waals surface area contributed by atoms with Gasteiger partial charge in [-0.3, -0.25) is 0 Å². The number of hydrogen-bond donors (Lipinski definition) is 0. The molecule has 0 aromatic heterocycles. The summed E-state index contributed by atoms with van der Waals surface area (Å²) in [4.78, 5) is 0. The Morgan fingerprint density at radius 1 is 0.219 bits per heavy atom. The van der Waals surface area contributed by atoms with Gasteiger partial charge in [0.05, 0.1) is 0 Å². The second-order valence-corrected chi connectivity index (χ2v) is 34.7.